The Hall–Kier alpha value is -2.68. The molecule has 1 saturated heterocycles. The van der Waals surface area contributed by atoms with Gasteiger partial charge in [0.05, 0.1) is 21.2 Å². The molecule has 2 aromatic carbocycles. The second kappa shape index (κ2) is 15.2. The van der Waals surface area contributed by atoms with Crippen molar-refractivity contribution in [2.24, 2.45) is 5.92 Å². The van der Waals surface area contributed by atoms with Crippen LogP contribution < -0.4 is 5.32 Å². The van der Waals surface area contributed by atoms with E-state index >= 15 is 0 Å². The van der Waals surface area contributed by atoms with Gasteiger partial charge in [-0.1, -0.05) is 67.1 Å². The number of halogens is 1. The van der Waals surface area contributed by atoms with Gasteiger partial charge in [0.15, 0.2) is 0 Å². The zero-order valence-corrected chi connectivity index (χ0v) is 26.7. The largest absolute Gasteiger partial charge is 0.353 e. The predicted octanol–water partition coefficient (Wildman–Crippen LogP) is 7.65. The number of amides is 1. The minimum Gasteiger partial charge on any atom is -0.353 e. The molecule has 1 aliphatic rings. The summed E-state index contributed by atoms with van der Waals surface area (Å²) in [5.74, 6) is 0.885. The maximum Gasteiger partial charge on any atom is 0.224 e. The van der Waals surface area contributed by atoms with Crippen LogP contribution in [0.2, 0.25) is 5.02 Å². The van der Waals surface area contributed by atoms with Crippen molar-refractivity contribution in [3.63, 3.8) is 0 Å². The fourth-order valence-electron chi connectivity index (χ4n) is 5.69. The van der Waals surface area contributed by atoms with Gasteiger partial charge < -0.3 is 10.2 Å². The summed E-state index contributed by atoms with van der Waals surface area (Å²) in [6.07, 6.45) is 4.26. The smallest absolute Gasteiger partial charge is 0.224 e. The summed E-state index contributed by atoms with van der Waals surface area (Å²) in [7, 11) is 2.18. The van der Waals surface area contributed by atoms with Gasteiger partial charge in [-0.05, 0) is 85.3 Å². The molecule has 0 aliphatic carbocycles. The summed E-state index contributed by atoms with van der Waals surface area (Å²) >= 11 is 10.0. The van der Waals surface area contributed by atoms with Gasteiger partial charge in [-0.2, -0.15) is 0 Å². The Bertz CT molecular complexity index is 1410. The number of likely N-dealkylation sites (N-methyl/N-ethyl adjacent to an activating group) is 1. The number of thiophene rings is 1. The second-order valence-corrected chi connectivity index (χ2v) is 14.2. The standard InChI is InChI=1S/C34H39ClN4OS2/c1-25(23-39-19-16-29(17-20-39)37-33(40)21-26-9-4-3-5-10-26)30(27-11-8-12-28(35)22-27)24-38(2)42-34-15-14-32(41-34)31-13-6-7-18-36-31/h3-15,18,22,25,29-30H,16-17,19-21,23-24H2,1-2H3,(H,37,40)/t25?,30-/m1/s1. The minimum absolute atomic E-state index is 0.118. The molecule has 0 radical (unpaired) electrons. The van der Waals surface area contributed by atoms with Gasteiger partial charge in [-0.3, -0.25) is 9.78 Å². The van der Waals surface area contributed by atoms with Gasteiger partial charge >= 0.3 is 0 Å². The number of carbonyl (C=O) groups is 1. The lowest BCUT2D eigenvalue weighted by atomic mass is 9.86. The average Bonchev–Trinajstić information content (AvgIpc) is 3.46. The second-order valence-electron chi connectivity index (χ2n) is 11.2. The molecular weight excluding hydrogens is 580 g/mol. The summed E-state index contributed by atoms with van der Waals surface area (Å²) in [6, 6.07) is 29.0. The van der Waals surface area contributed by atoms with E-state index in [-0.39, 0.29) is 11.9 Å². The third-order valence-electron chi connectivity index (χ3n) is 7.87. The van der Waals surface area contributed by atoms with E-state index in [2.05, 4.69) is 69.9 Å². The van der Waals surface area contributed by atoms with Crippen molar-refractivity contribution in [3.05, 3.63) is 107 Å². The maximum atomic E-state index is 12.6. The number of rotatable bonds is 12. The highest BCUT2D eigenvalue weighted by molar-refractivity contribution is 7.99. The molecule has 8 heteroatoms. The van der Waals surface area contributed by atoms with Gasteiger partial charge in [-0.25, -0.2) is 4.31 Å². The molecular formula is C34H39ClN4OS2. The number of benzene rings is 2. The van der Waals surface area contributed by atoms with Gasteiger partial charge in [0.25, 0.3) is 0 Å². The SMILES string of the molecule is CC(CN1CCC(NC(=O)Cc2ccccc2)CC1)[C@@H](CN(C)Sc1ccc(-c2ccccn2)s1)c1cccc(Cl)c1. The lowest BCUT2D eigenvalue weighted by Crippen LogP contribution is -2.46. The Morgan fingerprint density at radius 1 is 1.07 bits per heavy atom. The quantitative estimate of drug-likeness (QED) is 0.165. The van der Waals surface area contributed by atoms with Crippen molar-refractivity contribution in [2.75, 3.05) is 33.2 Å². The van der Waals surface area contributed by atoms with E-state index < -0.39 is 0 Å². The highest BCUT2D eigenvalue weighted by Gasteiger charge is 2.27. The van der Waals surface area contributed by atoms with E-state index in [9.17, 15) is 4.79 Å². The van der Waals surface area contributed by atoms with Crippen molar-refractivity contribution in [1.29, 1.82) is 0 Å². The first-order valence-electron chi connectivity index (χ1n) is 14.6. The Labute approximate surface area is 263 Å². The summed E-state index contributed by atoms with van der Waals surface area (Å²) in [4.78, 5) is 20.8. The minimum atomic E-state index is 0.118. The van der Waals surface area contributed by atoms with Crippen LogP contribution in [-0.4, -0.2) is 59.4 Å². The molecule has 1 unspecified atom stereocenters. The van der Waals surface area contributed by atoms with Crippen LogP contribution in [0.4, 0.5) is 0 Å². The molecule has 0 bridgehead atoms. The van der Waals surface area contributed by atoms with Crippen molar-refractivity contribution < 1.29 is 4.79 Å². The fraction of sp³-hybridized carbons (Fsp3) is 0.353. The monoisotopic (exact) mass is 618 g/mol. The van der Waals surface area contributed by atoms with Crippen molar-refractivity contribution in [3.8, 4) is 10.6 Å². The van der Waals surface area contributed by atoms with Crippen LogP contribution in [0.15, 0.2) is 95.3 Å². The fourth-order valence-corrected chi connectivity index (χ4v) is 8.07. The lowest BCUT2D eigenvalue weighted by Gasteiger charge is -2.36. The Morgan fingerprint density at radius 3 is 2.60 bits per heavy atom. The molecule has 42 heavy (non-hydrogen) atoms. The van der Waals surface area contributed by atoms with Crippen LogP contribution >= 0.6 is 34.9 Å². The van der Waals surface area contributed by atoms with Crippen molar-refractivity contribution in [2.45, 2.75) is 42.4 Å². The van der Waals surface area contributed by atoms with Crippen molar-refractivity contribution in [1.82, 2.24) is 19.5 Å². The number of aromatic nitrogens is 1. The molecule has 5 nitrogen and oxygen atoms in total. The predicted molar refractivity (Wildman–Crippen MR) is 177 cm³/mol. The van der Waals surface area contributed by atoms with E-state index in [1.165, 1.54) is 14.6 Å². The van der Waals surface area contributed by atoms with E-state index in [1.807, 2.05) is 54.7 Å². The molecule has 3 heterocycles. The van der Waals surface area contributed by atoms with Crippen LogP contribution in [0.25, 0.3) is 10.6 Å². The third-order valence-corrected chi connectivity index (χ3v) is 10.3. The van der Waals surface area contributed by atoms with Crippen LogP contribution in [0.1, 0.15) is 36.8 Å². The van der Waals surface area contributed by atoms with Crippen LogP contribution in [0.3, 0.4) is 0 Å². The molecule has 1 aliphatic heterocycles. The van der Waals surface area contributed by atoms with Gasteiger partial charge in [-0.15, -0.1) is 11.3 Å². The Kier molecular flexibility index (Phi) is 11.1. The molecule has 220 valence electrons. The molecule has 1 amide bonds. The van der Waals surface area contributed by atoms with Gasteiger partial charge in [0.1, 0.15) is 0 Å². The summed E-state index contributed by atoms with van der Waals surface area (Å²) in [5, 5.41) is 4.05. The van der Waals surface area contributed by atoms with Gasteiger partial charge in [0.2, 0.25) is 5.91 Å². The number of nitrogens with zero attached hydrogens (tertiary/aromatic N) is 3. The third kappa shape index (κ3) is 8.91. The highest BCUT2D eigenvalue weighted by Crippen LogP contribution is 2.36. The van der Waals surface area contributed by atoms with Gasteiger partial charge in [0, 0.05) is 49.4 Å². The first kappa shape index (κ1) is 30.8. The first-order valence-corrected chi connectivity index (χ1v) is 16.6. The molecule has 1 fully saturated rings. The normalized spacial score (nSPS) is 15.9. The number of piperidine rings is 1. The highest BCUT2D eigenvalue weighted by atomic mass is 35.5. The number of likely N-dealkylation sites (tertiary alicyclic amines) is 1. The summed E-state index contributed by atoms with van der Waals surface area (Å²) in [5.41, 5.74) is 3.36. The van der Waals surface area contributed by atoms with Crippen LogP contribution in [-0.2, 0) is 11.2 Å². The first-order chi connectivity index (χ1) is 20.4. The van der Waals surface area contributed by atoms with E-state index in [1.54, 1.807) is 23.3 Å². The number of nitrogens with one attached hydrogen (secondary N) is 1. The summed E-state index contributed by atoms with van der Waals surface area (Å²) < 4.78 is 3.61. The summed E-state index contributed by atoms with van der Waals surface area (Å²) in [6.45, 7) is 6.29. The number of carbonyl (C=O) groups excluding carboxylic acids is 1. The topological polar surface area (TPSA) is 48.5 Å². The van der Waals surface area contributed by atoms with E-state index in [4.69, 9.17) is 11.6 Å². The molecule has 4 aromatic rings. The molecule has 1 N–H and O–H groups in total. The molecule has 2 aromatic heterocycles. The number of hydrogen-bond donors (Lipinski definition) is 1. The molecule has 0 spiro atoms. The Morgan fingerprint density at radius 2 is 1.86 bits per heavy atom. The number of pyridine rings is 1. The maximum absolute atomic E-state index is 12.6. The molecule has 5 rings (SSSR count). The van der Waals surface area contributed by atoms with Crippen LogP contribution in [0, 0.1) is 5.92 Å². The number of hydrogen-bond acceptors (Lipinski definition) is 6. The Balaban J connectivity index is 1.16. The van der Waals surface area contributed by atoms with E-state index in [0.29, 0.717) is 18.3 Å². The van der Waals surface area contributed by atoms with Crippen LogP contribution in [0.5, 0.6) is 0 Å². The van der Waals surface area contributed by atoms with Crippen molar-refractivity contribution >= 4 is 40.8 Å². The lowest BCUT2D eigenvalue weighted by molar-refractivity contribution is -0.121. The molecule has 0 saturated carbocycles. The zero-order valence-electron chi connectivity index (χ0n) is 24.3. The average molecular weight is 619 g/mol. The molecule has 2 atom stereocenters. The van der Waals surface area contributed by atoms with E-state index in [0.717, 1.165) is 55.3 Å². The zero-order chi connectivity index (χ0) is 29.3.